The van der Waals surface area contributed by atoms with Crippen molar-refractivity contribution in [2.45, 2.75) is 25.4 Å². The van der Waals surface area contributed by atoms with Crippen LogP contribution in [-0.2, 0) is 11.3 Å². The van der Waals surface area contributed by atoms with Crippen LogP contribution in [0.25, 0.3) is 0 Å². The molecule has 1 fully saturated rings. The van der Waals surface area contributed by atoms with Crippen molar-refractivity contribution >= 4 is 12.1 Å². The number of likely N-dealkylation sites (tertiary alicyclic amines) is 1. The van der Waals surface area contributed by atoms with Crippen molar-refractivity contribution in [1.29, 1.82) is 0 Å². The highest BCUT2D eigenvalue weighted by Crippen LogP contribution is 2.11. The van der Waals surface area contributed by atoms with Gasteiger partial charge in [-0.15, -0.1) is 0 Å². The summed E-state index contributed by atoms with van der Waals surface area (Å²) in [4.78, 5) is 25.0. The molecule has 1 aromatic rings. The lowest BCUT2D eigenvalue weighted by atomic mass is 10.1. The number of nitrogens with one attached hydrogen (secondary N) is 2. The second-order valence-electron chi connectivity index (χ2n) is 5.07. The lowest BCUT2D eigenvalue weighted by Crippen LogP contribution is -2.51. The van der Waals surface area contributed by atoms with Gasteiger partial charge in [-0.1, -0.05) is 30.3 Å². The van der Waals surface area contributed by atoms with E-state index in [0.29, 0.717) is 19.6 Å². The third kappa shape index (κ3) is 4.66. The summed E-state index contributed by atoms with van der Waals surface area (Å²) in [5, 5.41) is 5.72. The van der Waals surface area contributed by atoms with Crippen molar-refractivity contribution in [1.82, 2.24) is 15.5 Å². The van der Waals surface area contributed by atoms with Crippen LogP contribution in [-0.4, -0.2) is 43.3 Å². The predicted octanol–water partition coefficient (Wildman–Crippen LogP) is 1.72. The molecule has 0 spiro atoms. The molecule has 21 heavy (non-hydrogen) atoms. The minimum Gasteiger partial charge on any atom is -0.453 e. The van der Waals surface area contributed by atoms with Gasteiger partial charge in [-0.3, -0.25) is 0 Å². The number of hydrogen-bond acceptors (Lipinski definition) is 3. The van der Waals surface area contributed by atoms with E-state index < -0.39 is 0 Å². The van der Waals surface area contributed by atoms with Crippen LogP contribution in [0, 0.1) is 0 Å². The quantitative estimate of drug-likeness (QED) is 0.890. The van der Waals surface area contributed by atoms with E-state index in [1.165, 1.54) is 7.11 Å². The first-order valence-electron chi connectivity index (χ1n) is 7.10. The highest BCUT2D eigenvalue weighted by atomic mass is 16.5. The summed E-state index contributed by atoms with van der Waals surface area (Å²) in [6, 6.07) is 9.48. The number of piperidine rings is 1. The Morgan fingerprint density at radius 2 is 2.10 bits per heavy atom. The molecule has 1 heterocycles. The number of urea groups is 1. The summed E-state index contributed by atoms with van der Waals surface area (Å²) in [6.45, 7) is 1.65. The standard InChI is InChI=1S/C15H21N3O3/c1-21-15(20)18-9-5-8-13(11-18)17-14(19)16-10-12-6-3-2-4-7-12/h2-4,6-7,13H,5,8-11H2,1H3,(H2,16,17,19). The van der Waals surface area contributed by atoms with Gasteiger partial charge in [0.25, 0.3) is 0 Å². The van der Waals surface area contributed by atoms with Crippen LogP contribution in [0.3, 0.4) is 0 Å². The maximum atomic E-state index is 11.9. The Labute approximate surface area is 124 Å². The van der Waals surface area contributed by atoms with E-state index in [-0.39, 0.29) is 18.2 Å². The Kier molecular flexibility index (Phi) is 5.43. The molecular formula is C15H21N3O3. The van der Waals surface area contributed by atoms with Crippen LogP contribution >= 0.6 is 0 Å². The maximum Gasteiger partial charge on any atom is 0.409 e. The minimum atomic E-state index is -0.341. The zero-order valence-electron chi connectivity index (χ0n) is 12.2. The van der Waals surface area contributed by atoms with E-state index in [1.54, 1.807) is 4.90 Å². The van der Waals surface area contributed by atoms with Crippen molar-refractivity contribution in [2.75, 3.05) is 20.2 Å². The van der Waals surface area contributed by atoms with E-state index in [2.05, 4.69) is 10.6 Å². The van der Waals surface area contributed by atoms with Crippen molar-refractivity contribution in [3.63, 3.8) is 0 Å². The first-order valence-corrected chi connectivity index (χ1v) is 7.10. The van der Waals surface area contributed by atoms with Crippen LogP contribution in [0.15, 0.2) is 30.3 Å². The largest absolute Gasteiger partial charge is 0.453 e. The number of nitrogens with zero attached hydrogens (tertiary/aromatic N) is 1. The summed E-state index contributed by atoms with van der Waals surface area (Å²) in [7, 11) is 1.37. The third-order valence-electron chi connectivity index (χ3n) is 3.49. The summed E-state index contributed by atoms with van der Waals surface area (Å²) in [6.07, 6.45) is 1.39. The summed E-state index contributed by atoms with van der Waals surface area (Å²) >= 11 is 0. The molecule has 2 N–H and O–H groups in total. The minimum absolute atomic E-state index is 0.0337. The van der Waals surface area contributed by atoms with Crippen LogP contribution in [0.4, 0.5) is 9.59 Å². The van der Waals surface area contributed by atoms with Crippen LogP contribution in [0.1, 0.15) is 18.4 Å². The Morgan fingerprint density at radius 3 is 2.81 bits per heavy atom. The van der Waals surface area contributed by atoms with Gasteiger partial charge >= 0.3 is 12.1 Å². The monoisotopic (exact) mass is 291 g/mol. The molecule has 2 rings (SSSR count). The lowest BCUT2D eigenvalue weighted by molar-refractivity contribution is 0.108. The molecule has 1 aliphatic rings. The molecule has 1 aliphatic heterocycles. The number of methoxy groups -OCH3 is 1. The average molecular weight is 291 g/mol. The number of hydrogen-bond donors (Lipinski definition) is 2. The number of carbonyl (C=O) groups is 2. The fraction of sp³-hybridized carbons (Fsp3) is 0.467. The highest BCUT2D eigenvalue weighted by Gasteiger charge is 2.24. The van der Waals surface area contributed by atoms with Crippen molar-refractivity contribution in [3.05, 3.63) is 35.9 Å². The molecule has 6 heteroatoms. The number of rotatable bonds is 3. The molecule has 1 atom stereocenters. The second kappa shape index (κ2) is 7.52. The average Bonchev–Trinajstić information content (AvgIpc) is 2.53. The van der Waals surface area contributed by atoms with Crippen LogP contribution < -0.4 is 10.6 Å². The van der Waals surface area contributed by atoms with E-state index in [1.807, 2.05) is 30.3 Å². The van der Waals surface area contributed by atoms with Crippen molar-refractivity contribution < 1.29 is 14.3 Å². The Balaban J connectivity index is 1.76. The zero-order chi connectivity index (χ0) is 15.1. The van der Waals surface area contributed by atoms with Gasteiger partial charge in [-0.05, 0) is 18.4 Å². The highest BCUT2D eigenvalue weighted by molar-refractivity contribution is 5.74. The number of ether oxygens (including phenoxy) is 1. The number of amides is 3. The smallest absolute Gasteiger partial charge is 0.409 e. The van der Waals surface area contributed by atoms with E-state index in [9.17, 15) is 9.59 Å². The Hall–Kier alpha value is -2.24. The number of carbonyl (C=O) groups excluding carboxylic acids is 2. The third-order valence-corrected chi connectivity index (χ3v) is 3.49. The fourth-order valence-electron chi connectivity index (χ4n) is 2.40. The number of benzene rings is 1. The predicted molar refractivity (Wildman–Crippen MR) is 78.8 cm³/mol. The van der Waals surface area contributed by atoms with E-state index >= 15 is 0 Å². The molecule has 1 unspecified atom stereocenters. The molecular weight excluding hydrogens is 270 g/mol. The van der Waals surface area contributed by atoms with Gasteiger partial charge in [0.05, 0.1) is 7.11 Å². The second-order valence-corrected chi connectivity index (χ2v) is 5.07. The Bertz CT molecular complexity index is 478. The van der Waals surface area contributed by atoms with Gasteiger partial charge in [0.15, 0.2) is 0 Å². The maximum absolute atomic E-state index is 11.9. The molecule has 0 aliphatic carbocycles. The normalized spacial score (nSPS) is 18.0. The van der Waals surface area contributed by atoms with E-state index in [4.69, 9.17) is 4.74 Å². The van der Waals surface area contributed by atoms with Crippen LogP contribution in [0.2, 0.25) is 0 Å². The van der Waals surface area contributed by atoms with Gasteiger partial charge in [-0.25, -0.2) is 9.59 Å². The summed E-state index contributed by atoms with van der Waals surface area (Å²) in [5.41, 5.74) is 1.05. The molecule has 0 saturated carbocycles. The molecule has 0 aromatic heterocycles. The van der Waals surface area contributed by atoms with Gasteiger partial charge in [0.1, 0.15) is 0 Å². The SMILES string of the molecule is COC(=O)N1CCCC(NC(=O)NCc2ccccc2)C1. The van der Waals surface area contributed by atoms with Gasteiger partial charge in [0.2, 0.25) is 0 Å². The molecule has 6 nitrogen and oxygen atoms in total. The Morgan fingerprint density at radius 1 is 1.33 bits per heavy atom. The molecule has 0 radical (unpaired) electrons. The topological polar surface area (TPSA) is 70.7 Å². The van der Waals surface area contributed by atoms with Crippen molar-refractivity contribution in [3.8, 4) is 0 Å². The summed E-state index contributed by atoms with van der Waals surface area (Å²) in [5.74, 6) is 0. The van der Waals surface area contributed by atoms with E-state index in [0.717, 1.165) is 18.4 Å². The molecule has 114 valence electrons. The first-order chi connectivity index (χ1) is 10.2. The molecule has 1 saturated heterocycles. The van der Waals surface area contributed by atoms with Crippen molar-refractivity contribution in [2.24, 2.45) is 0 Å². The van der Waals surface area contributed by atoms with Gasteiger partial charge in [0, 0.05) is 25.7 Å². The molecule has 0 bridgehead atoms. The van der Waals surface area contributed by atoms with Crippen LogP contribution in [0.5, 0.6) is 0 Å². The molecule has 1 aromatic carbocycles. The lowest BCUT2D eigenvalue weighted by Gasteiger charge is -2.32. The van der Waals surface area contributed by atoms with Gasteiger partial charge < -0.3 is 20.3 Å². The zero-order valence-corrected chi connectivity index (χ0v) is 12.2. The summed E-state index contributed by atoms with van der Waals surface area (Å²) < 4.78 is 4.71. The van der Waals surface area contributed by atoms with Gasteiger partial charge in [-0.2, -0.15) is 0 Å². The molecule has 3 amide bonds. The fourth-order valence-corrected chi connectivity index (χ4v) is 2.40. The first kappa shape index (κ1) is 15.2.